The number of rotatable bonds is 6. The van der Waals surface area contributed by atoms with Gasteiger partial charge in [0, 0.05) is 13.1 Å². The van der Waals surface area contributed by atoms with Crippen molar-refractivity contribution < 1.29 is 19.1 Å². The summed E-state index contributed by atoms with van der Waals surface area (Å²) < 4.78 is 10.0. The Balaban J connectivity index is 1.86. The molecular weight excluding hydrogens is 306 g/mol. The first-order valence-corrected chi connectivity index (χ1v) is 8.73. The van der Waals surface area contributed by atoms with Crippen LogP contribution in [0.2, 0.25) is 0 Å². The molecule has 0 aromatic heterocycles. The third-order valence-corrected chi connectivity index (χ3v) is 4.40. The second-order valence-corrected chi connectivity index (χ2v) is 6.31. The maximum absolute atomic E-state index is 12.1. The number of piperidine rings is 1. The number of ether oxygens (including phenoxy) is 2. The van der Waals surface area contributed by atoms with Crippen LogP contribution in [0.4, 0.5) is 4.79 Å². The van der Waals surface area contributed by atoms with E-state index in [1.165, 1.54) is 12.7 Å². The number of benzene rings is 1. The molecule has 1 aromatic carbocycles. The molecule has 1 atom stereocenters. The Labute approximate surface area is 143 Å². The highest BCUT2D eigenvalue weighted by molar-refractivity contribution is 5.89. The van der Waals surface area contributed by atoms with E-state index < -0.39 is 0 Å². The first-order chi connectivity index (χ1) is 11.6. The summed E-state index contributed by atoms with van der Waals surface area (Å²) >= 11 is 0. The number of unbranched alkanes of at least 4 members (excludes halogenated alkanes) is 1. The molecule has 0 radical (unpaired) electrons. The molecule has 132 valence electrons. The molecule has 5 nitrogen and oxygen atoms in total. The van der Waals surface area contributed by atoms with Gasteiger partial charge >= 0.3 is 12.1 Å². The number of methoxy groups -OCH3 is 1. The van der Waals surface area contributed by atoms with Crippen LogP contribution >= 0.6 is 0 Å². The van der Waals surface area contributed by atoms with Crippen LogP contribution in [-0.2, 0) is 15.9 Å². The molecule has 0 N–H and O–H groups in total. The quantitative estimate of drug-likeness (QED) is 0.589. The van der Waals surface area contributed by atoms with E-state index >= 15 is 0 Å². The summed E-state index contributed by atoms with van der Waals surface area (Å²) in [4.78, 5) is 25.4. The van der Waals surface area contributed by atoms with Gasteiger partial charge in [0.05, 0.1) is 19.3 Å². The van der Waals surface area contributed by atoms with Gasteiger partial charge < -0.3 is 14.4 Å². The van der Waals surface area contributed by atoms with Crippen LogP contribution in [0.5, 0.6) is 0 Å². The third kappa shape index (κ3) is 5.25. The predicted molar refractivity (Wildman–Crippen MR) is 92.0 cm³/mol. The Morgan fingerprint density at radius 2 is 2.00 bits per heavy atom. The largest absolute Gasteiger partial charge is 0.465 e. The van der Waals surface area contributed by atoms with E-state index in [0.29, 0.717) is 18.1 Å². The lowest BCUT2D eigenvalue weighted by Crippen LogP contribution is -2.40. The number of carbonyl (C=O) groups excluding carboxylic acids is 2. The number of esters is 1. The minimum Gasteiger partial charge on any atom is -0.465 e. The van der Waals surface area contributed by atoms with Crippen LogP contribution in [0.15, 0.2) is 24.3 Å². The van der Waals surface area contributed by atoms with Gasteiger partial charge in [-0.15, -0.1) is 0 Å². The summed E-state index contributed by atoms with van der Waals surface area (Å²) in [6.45, 7) is 4.11. The van der Waals surface area contributed by atoms with Gasteiger partial charge in [-0.1, -0.05) is 25.5 Å². The second-order valence-electron chi connectivity index (χ2n) is 6.31. The number of nitrogens with zero attached hydrogens (tertiary/aromatic N) is 1. The molecule has 1 saturated heterocycles. The van der Waals surface area contributed by atoms with E-state index in [2.05, 4.69) is 6.92 Å². The van der Waals surface area contributed by atoms with Gasteiger partial charge in [0.25, 0.3) is 0 Å². The molecule has 0 saturated carbocycles. The number of hydrogen-bond donors (Lipinski definition) is 0. The number of amides is 1. The number of hydrogen-bond acceptors (Lipinski definition) is 4. The molecule has 0 aliphatic carbocycles. The second kappa shape index (κ2) is 9.30. The van der Waals surface area contributed by atoms with Crippen molar-refractivity contribution in [2.45, 2.75) is 39.0 Å². The normalized spacial score (nSPS) is 17.4. The lowest BCUT2D eigenvalue weighted by atomic mass is 9.91. The molecule has 2 rings (SSSR count). The van der Waals surface area contributed by atoms with Crippen molar-refractivity contribution in [2.75, 3.05) is 26.8 Å². The SMILES string of the molecule is CCCCOC(=O)N1CCC[C@@H](Cc2ccc(C(=O)OC)cc2)C1. The van der Waals surface area contributed by atoms with Gasteiger partial charge in [-0.25, -0.2) is 9.59 Å². The average molecular weight is 333 g/mol. The fourth-order valence-electron chi connectivity index (χ4n) is 3.02. The molecule has 1 heterocycles. The molecule has 24 heavy (non-hydrogen) atoms. The summed E-state index contributed by atoms with van der Waals surface area (Å²) in [5.74, 6) is 0.113. The summed E-state index contributed by atoms with van der Waals surface area (Å²) in [5.41, 5.74) is 1.74. The van der Waals surface area contributed by atoms with Crippen molar-refractivity contribution in [3.63, 3.8) is 0 Å². The Bertz CT molecular complexity index is 541. The van der Waals surface area contributed by atoms with Gasteiger partial charge in [0.2, 0.25) is 0 Å². The molecule has 1 aliphatic rings. The van der Waals surface area contributed by atoms with E-state index in [4.69, 9.17) is 9.47 Å². The van der Waals surface area contributed by atoms with Gasteiger partial charge in [0.15, 0.2) is 0 Å². The zero-order valence-corrected chi connectivity index (χ0v) is 14.6. The van der Waals surface area contributed by atoms with E-state index in [1.807, 2.05) is 17.0 Å². The van der Waals surface area contributed by atoms with Gasteiger partial charge in [-0.05, 0) is 49.3 Å². The molecule has 1 aliphatic heterocycles. The van der Waals surface area contributed by atoms with Crippen molar-refractivity contribution in [3.05, 3.63) is 35.4 Å². The highest BCUT2D eigenvalue weighted by atomic mass is 16.6. The first kappa shape index (κ1) is 18.3. The van der Waals surface area contributed by atoms with Crippen LogP contribution in [0.25, 0.3) is 0 Å². The average Bonchev–Trinajstić information content (AvgIpc) is 2.62. The fourth-order valence-corrected chi connectivity index (χ4v) is 3.02. The van der Waals surface area contributed by atoms with Crippen LogP contribution in [0.3, 0.4) is 0 Å². The highest BCUT2D eigenvalue weighted by Crippen LogP contribution is 2.22. The summed E-state index contributed by atoms with van der Waals surface area (Å²) in [7, 11) is 1.38. The lowest BCUT2D eigenvalue weighted by Gasteiger charge is -2.32. The lowest BCUT2D eigenvalue weighted by molar-refractivity contribution is 0.0600. The Morgan fingerprint density at radius 1 is 1.25 bits per heavy atom. The maximum Gasteiger partial charge on any atom is 0.409 e. The third-order valence-electron chi connectivity index (χ3n) is 4.40. The zero-order chi connectivity index (χ0) is 17.4. The molecule has 1 fully saturated rings. The van der Waals surface area contributed by atoms with E-state index in [0.717, 1.165) is 45.2 Å². The van der Waals surface area contributed by atoms with Gasteiger partial charge in [0.1, 0.15) is 0 Å². The van der Waals surface area contributed by atoms with Crippen LogP contribution < -0.4 is 0 Å². The molecule has 0 unspecified atom stereocenters. The minimum absolute atomic E-state index is 0.186. The monoisotopic (exact) mass is 333 g/mol. The van der Waals surface area contributed by atoms with Crippen LogP contribution in [-0.4, -0.2) is 43.8 Å². The van der Waals surface area contributed by atoms with Crippen molar-refractivity contribution >= 4 is 12.1 Å². The van der Waals surface area contributed by atoms with Gasteiger partial charge in [-0.2, -0.15) is 0 Å². The highest BCUT2D eigenvalue weighted by Gasteiger charge is 2.24. The predicted octanol–water partition coefficient (Wildman–Crippen LogP) is 3.66. The Kier molecular flexibility index (Phi) is 7.09. The summed E-state index contributed by atoms with van der Waals surface area (Å²) in [6, 6.07) is 7.51. The van der Waals surface area contributed by atoms with Crippen molar-refractivity contribution in [3.8, 4) is 0 Å². The molecule has 1 aromatic rings. The minimum atomic E-state index is -0.319. The van der Waals surface area contributed by atoms with E-state index in [-0.39, 0.29) is 12.1 Å². The first-order valence-electron chi connectivity index (χ1n) is 8.73. The Hall–Kier alpha value is -2.04. The summed E-state index contributed by atoms with van der Waals surface area (Å²) in [6.07, 6.45) is 4.77. The molecule has 1 amide bonds. The van der Waals surface area contributed by atoms with E-state index in [9.17, 15) is 9.59 Å². The summed E-state index contributed by atoms with van der Waals surface area (Å²) in [5, 5.41) is 0. The molecule has 0 bridgehead atoms. The standard InChI is InChI=1S/C19H27NO4/c1-3-4-12-24-19(22)20-11-5-6-16(14-20)13-15-7-9-17(10-8-15)18(21)23-2/h7-10,16H,3-6,11-14H2,1-2H3/t16-/m0/s1. The zero-order valence-electron chi connectivity index (χ0n) is 14.6. The topological polar surface area (TPSA) is 55.8 Å². The van der Waals surface area contributed by atoms with Crippen LogP contribution in [0, 0.1) is 5.92 Å². The Morgan fingerprint density at radius 3 is 2.67 bits per heavy atom. The smallest absolute Gasteiger partial charge is 0.409 e. The number of likely N-dealkylation sites (tertiary alicyclic amines) is 1. The van der Waals surface area contributed by atoms with Crippen molar-refractivity contribution in [1.82, 2.24) is 4.90 Å². The maximum atomic E-state index is 12.1. The van der Waals surface area contributed by atoms with Crippen molar-refractivity contribution in [1.29, 1.82) is 0 Å². The number of carbonyl (C=O) groups is 2. The van der Waals surface area contributed by atoms with Gasteiger partial charge in [-0.3, -0.25) is 0 Å². The van der Waals surface area contributed by atoms with Crippen LogP contribution in [0.1, 0.15) is 48.5 Å². The fraction of sp³-hybridized carbons (Fsp3) is 0.579. The van der Waals surface area contributed by atoms with E-state index in [1.54, 1.807) is 12.1 Å². The van der Waals surface area contributed by atoms with Crippen molar-refractivity contribution in [2.24, 2.45) is 5.92 Å². The molecule has 0 spiro atoms. The molecule has 5 heteroatoms. The molecular formula is C19H27NO4.